The van der Waals surface area contributed by atoms with Gasteiger partial charge in [-0.2, -0.15) is 13.2 Å². The zero-order valence-electron chi connectivity index (χ0n) is 20.3. The molecule has 0 radical (unpaired) electrons. The van der Waals surface area contributed by atoms with E-state index in [1.165, 1.54) is 17.2 Å². The van der Waals surface area contributed by atoms with Crippen molar-refractivity contribution in [2.45, 2.75) is 54.8 Å². The minimum Gasteiger partial charge on any atom is -0.380 e. The van der Waals surface area contributed by atoms with E-state index in [1.54, 1.807) is 6.07 Å². The van der Waals surface area contributed by atoms with Crippen LogP contribution in [0.25, 0.3) is 11.0 Å². The molecule has 0 amide bonds. The van der Waals surface area contributed by atoms with Crippen LogP contribution in [0.15, 0.2) is 36.7 Å². The van der Waals surface area contributed by atoms with E-state index in [-0.39, 0.29) is 29.5 Å². The number of H-pyrrole nitrogens is 1. The Labute approximate surface area is 217 Å². The summed E-state index contributed by atoms with van der Waals surface area (Å²) in [6.45, 7) is 3.27. The number of carbonyl (C=O) groups excluding carboxylic acids is 1. The normalized spacial score (nSPS) is 26.2. The predicted molar refractivity (Wildman–Crippen MR) is 135 cm³/mol. The van der Waals surface area contributed by atoms with Crippen LogP contribution >= 0.6 is 11.8 Å². The average Bonchev–Trinajstić information content (AvgIpc) is 3.65. The Morgan fingerprint density at radius 2 is 2.11 bits per heavy atom. The van der Waals surface area contributed by atoms with E-state index in [2.05, 4.69) is 25.9 Å². The van der Waals surface area contributed by atoms with Gasteiger partial charge in [0.15, 0.2) is 0 Å². The molecule has 37 heavy (non-hydrogen) atoms. The standard InChI is InChI=1S/C27H29F3N4O2S/c28-27(29,30)21-2-1-3-22-26(21)33-25(32-22)11-19(35)10-17-13-34(18-7-9-36-15-18)14-24(17)37-23-5-4-16-12-31-8-6-20(16)23/h1-3,6,8,12,17-18,23-24H,4-5,7,9-11,13-15H2,(H,32,33)/t17?,18?,23?,24-/m0/s1. The first-order valence-electron chi connectivity index (χ1n) is 12.8. The van der Waals surface area contributed by atoms with Gasteiger partial charge < -0.3 is 9.72 Å². The van der Waals surface area contributed by atoms with Gasteiger partial charge in [-0.05, 0) is 54.5 Å². The van der Waals surface area contributed by atoms with Crippen LogP contribution < -0.4 is 0 Å². The smallest absolute Gasteiger partial charge is 0.380 e. The topological polar surface area (TPSA) is 71.1 Å². The Hall–Kier alpha value is -2.43. The zero-order chi connectivity index (χ0) is 25.6. The molecule has 6 rings (SSSR count). The minimum absolute atomic E-state index is 0.00348. The number of thioether (sulfide) groups is 1. The molecule has 1 N–H and O–H groups in total. The molecule has 1 aliphatic carbocycles. The number of rotatable bonds is 7. The molecule has 4 heterocycles. The van der Waals surface area contributed by atoms with E-state index in [0.29, 0.717) is 28.5 Å². The second kappa shape index (κ2) is 10.0. The molecular weight excluding hydrogens is 501 g/mol. The monoisotopic (exact) mass is 530 g/mol. The lowest BCUT2D eigenvalue weighted by molar-refractivity contribution is -0.136. The van der Waals surface area contributed by atoms with Crippen LogP contribution in [0, 0.1) is 5.92 Å². The Bertz CT molecular complexity index is 1290. The molecule has 0 spiro atoms. The number of carbonyl (C=O) groups is 1. The highest BCUT2D eigenvalue weighted by molar-refractivity contribution is 8.00. The van der Waals surface area contributed by atoms with Crippen molar-refractivity contribution in [1.82, 2.24) is 19.9 Å². The van der Waals surface area contributed by atoms with E-state index in [1.807, 2.05) is 24.2 Å². The number of likely N-dealkylation sites (tertiary alicyclic amines) is 1. The summed E-state index contributed by atoms with van der Waals surface area (Å²) in [5, 5.41) is 0.706. The molecule has 2 saturated heterocycles. The van der Waals surface area contributed by atoms with Gasteiger partial charge in [0.05, 0.1) is 24.1 Å². The minimum atomic E-state index is -4.49. The van der Waals surface area contributed by atoms with Crippen LogP contribution in [-0.4, -0.2) is 63.2 Å². The van der Waals surface area contributed by atoms with Gasteiger partial charge >= 0.3 is 6.18 Å². The number of ketones is 1. The van der Waals surface area contributed by atoms with E-state index >= 15 is 0 Å². The Morgan fingerprint density at radius 1 is 1.22 bits per heavy atom. The highest BCUT2D eigenvalue weighted by Crippen LogP contribution is 2.47. The average molecular weight is 531 g/mol. The molecule has 196 valence electrons. The van der Waals surface area contributed by atoms with Crippen molar-refractivity contribution >= 4 is 28.6 Å². The highest BCUT2D eigenvalue weighted by Gasteiger charge is 2.41. The largest absolute Gasteiger partial charge is 0.418 e. The van der Waals surface area contributed by atoms with Gasteiger partial charge in [-0.15, -0.1) is 11.8 Å². The number of pyridine rings is 1. The molecule has 2 aliphatic heterocycles. The van der Waals surface area contributed by atoms with Gasteiger partial charge in [0, 0.05) is 55.1 Å². The Balaban J connectivity index is 1.17. The van der Waals surface area contributed by atoms with Crippen molar-refractivity contribution in [2.24, 2.45) is 5.92 Å². The van der Waals surface area contributed by atoms with E-state index in [4.69, 9.17) is 4.74 Å². The third kappa shape index (κ3) is 5.15. The Kier molecular flexibility index (Phi) is 6.75. The number of imidazole rings is 1. The van der Waals surface area contributed by atoms with Crippen LogP contribution in [0.3, 0.4) is 0 Å². The molecule has 3 aliphatic rings. The number of hydrogen-bond donors (Lipinski definition) is 1. The number of nitrogens with zero attached hydrogens (tertiary/aromatic N) is 3. The van der Waals surface area contributed by atoms with Crippen molar-refractivity contribution in [3.05, 3.63) is 59.2 Å². The van der Waals surface area contributed by atoms with E-state index < -0.39 is 11.7 Å². The van der Waals surface area contributed by atoms with Gasteiger partial charge in [-0.25, -0.2) is 4.98 Å². The first-order valence-corrected chi connectivity index (χ1v) is 13.8. The number of halogens is 3. The molecule has 1 aromatic carbocycles. The molecule has 2 fully saturated rings. The molecule has 0 saturated carbocycles. The first-order chi connectivity index (χ1) is 17.8. The van der Waals surface area contributed by atoms with E-state index in [0.717, 1.165) is 51.6 Å². The Morgan fingerprint density at radius 3 is 2.92 bits per heavy atom. The summed E-state index contributed by atoms with van der Waals surface area (Å²) in [6.07, 6.45) is 2.84. The molecule has 3 unspecified atom stereocenters. The summed E-state index contributed by atoms with van der Waals surface area (Å²) in [6, 6.07) is 6.45. The lowest BCUT2D eigenvalue weighted by atomic mass is 9.99. The maximum atomic E-state index is 13.4. The van der Waals surface area contributed by atoms with Crippen LogP contribution in [0.2, 0.25) is 0 Å². The second-order valence-electron chi connectivity index (χ2n) is 10.3. The van der Waals surface area contributed by atoms with Crippen LogP contribution in [0.1, 0.15) is 47.0 Å². The molecule has 6 nitrogen and oxygen atoms in total. The number of benzene rings is 1. The fourth-order valence-corrected chi connectivity index (χ4v) is 7.77. The van der Waals surface area contributed by atoms with Crippen LogP contribution in [-0.2, 0) is 28.5 Å². The van der Waals surface area contributed by atoms with Gasteiger partial charge in [0.2, 0.25) is 0 Å². The number of aromatic nitrogens is 3. The lowest BCUT2D eigenvalue weighted by Gasteiger charge is -2.23. The highest BCUT2D eigenvalue weighted by atomic mass is 32.2. The molecule has 3 aromatic rings. The summed E-state index contributed by atoms with van der Waals surface area (Å²) in [5.74, 6) is 0.472. The van der Waals surface area contributed by atoms with Crippen LogP contribution in [0.5, 0.6) is 0 Å². The summed E-state index contributed by atoms with van der Waals surface area (Å²) in [5.41, 5.74) is 2.06. The zero-order valence-corrected chi connectivity index (χ0v) is 21.2. The molecular formula is C27H29F3N4O2S. The number of fused-ring (bicyclic) bond motifs is 2. The fourth-order valence-electron chi connectivity index (χ4n) is 6.03. The second-order valence-corrected chi connectivity index (χ2v) is 11.8. The number of hydrogen-bond acceptors (Lipinski definition) is 6. The fraction of sp³-hybridized carbons (Fsp3) is 0.519. The predicted octanol–water partition coefficient (Wildman–Crippen LogP) is 4.99. The van der Waals surface area contributed by atoms with Crippen molar-refractivity contribution in [2.75, 3.05) is 26.3 Å². The van der Waals surface area contributed by atoms with E-state index in [9.17, 15) is 18.0 Å². The number of ether oxygens (including phenoxy) is 1. The number of aryl methyl sites for hydroxylation is 1. The maximum absolute atomic E-state index is 13.4. The summed E-state index contributed by atoms with van der Waals surface area (Å²) < 4.78 is 45.8. The molecule has 2 aromatic heterocycles. The van der Waals surface area contributed by atoms with Crippen molar-refractivity contribution in [3.8, 4) is 0 Å². The maximum Gasteiger partial charge on any atom is 0.418 e. The van der Waals surface area contributed by atoms with Gasteiger partial charge in [0.1, 0.15) is 17.1 Å². The number of nitrogens with one attached hydrogen (secondary N) is 1. The van der Waals surface area contributed by atoms with Gasteiger partial charge in [-0.1, -0.05) is 6.07 Å². The number of Topliss-reactive ketones (excluding diaryl/α,β-unsaturated/α-hetero) is 1. The van der Waals surface area contributed by atoms with Crippen molar-refractivity contribution in [3.63, 3.8) is 0 Å². The van der Waals surface area contributed by atoms with Crippen molar-refractivity contribution < 1.29 is 22.7 Å². The van der Waals surface area contributed by atoms with Gasteiger partial charge in [0.25, 0.3) is 0 Å². The molecule has 4 atom stereocenters. The number of para-hydroxylation sites is 1. The summed E-state index contributed by atoms with van der Waals surface area (Å²) >= 11 is 1.97. The quantitative estimate of drug-likeness (QED) is 0.464. The number of alkyl halides is 3. The number of aromatic amines is 1. The summed E-state index contributed by atoms with van der Waals surface area (Å²) in [7, 11) is 0. The summed E-state index contributed by atoms with van der Waals surface area (Å²) in [4.78, 5) is 27.0. The van der Waals surface area contributed by atoms with Gasteiger partial charge in [-0.3, -0.25) is 14.7 Å². The molecule has 0 bridgehead atoms. The first kappa shape index (κ1) is 24.9. The third-order valence-corrected chi connectivity index (χ3v) is 9.56. The van der Waals surface area contributed by atoms with Crippen molar-refractivity contribution in [1.29, 1.82) is 0 Å². The SMILES string of the molecule is O=C(Cc1nc2c(C(F)(F)F)cccc2[nH]1)CC1CN(C2CCOC2)C[C@@H]1SC1CCc2cnccc21. The molecule has 10 heteroatoms. The lowest BCUT2D eigenvalue weighted by Crippen LogP contribution is -2.34. The third-order valence-electron chi connectivity index (χ3n) is 7.86. The van der Waals surface area contributed by atoms with Crippen LogP contribution in [0.4, 0.5) is 13.2 Å².